The van der Waals surface area contributed by atoms with E-state index in [-0.39, 0.29) is 17.9 Å². The van der Waals surface area contributed by atoms with Gasteiger partial charge in [0.25, 0.3) is 11.8 Å². The average Bonchev–Trinajstić information content (AvgIpc) is 3.44. The Morgan fingerprint density at radius 2 is 1.82 bits per heavy atom. The summed E-state index contributed by atoms with van der Waals surface area (Å²) in [6.07, 6.45) is 6.55. The number of para-hydroxylation sites is 1. The number of hydrogen-bond acceptors (Lipinski definition) is 3. The van der Waals surface area contributed by atoms with E-state index in [1.807, 2.05) is 22.8 Å². The first-order valence-electron chi connectivity index (χ1n) is 10.4. The number of nitrogens with zero attached hydrogens (tertiary/aromatic N) is 2. The lowest BCUT2D eigenvalue weighted by molar-refractivity contribution is 0.0935. The summed E-state index contributed by atoms with van der Waals surface area (Å²) in [5.41, 5.74) is 4.41. The number of amides is 2. The molecule has 6 nitrogen and oxygen atoms in total. The highest BCUT2D eigenvalue weighted by Crippen LogP contribution is 2.26. The number of aromatic nitrogens is 2. The van der Waals surface area contributed by atoms with Crippen LogP contribution in [-0.2, 0) is 25.8 Å². The van der Waals surface area contributed by atoms with Gasteiger partial charge in [-0.15, -0.1) is 0 Å². The van der Waals surface area contributed by atoms with Crippen molar-refractivity contribution in [3.63, 3.8) is 0 Å². The van der Waals surface area contributed by atoms with Crippen molar-refractivity contribution in [2.24, 2.45) is 0 Å². The molecule has 2 N–H and O–H groups in total. The summed E-state index contributed by atoms with van der Waals surface area (Å²) < 4.78 is 1.95. The lowest BCUT2D eigenvalue weighted by Gasteiger charge is -2.18. The van der Waals surface area contributed by atoms with Crippen LogP contribution >= 0.6 is 0 Å². The predicted octanol–water partition coefficient (Wildman–Crippen LogP) is 3.49. The Labute approximate surface area is 165 Å². The molecule has 6 heteroatoms. The highest BCUT2D eigenvalue weighted by molar-refractivity contribution is 6.05. The van der Waals surface area contributed by atoms with Crippen LogP contribution in [0.25, 0.3) is 0 Å². The monoisotopic (exact) mass is 380 g/mol. The van der Waals surface area contributed by atoms with Crippen LogP contribution in [0.5, 0.6) is 0 Å². The first-order chi connectivity index (χ1) is 13.6. The van der Waals surface area contributed by atoms with Crippen molar-refractivity contribution in [3.8, 4) is 0 Å². The van der Waals surface area contributed by atoms with Gasteiger partial charge in [0.05, 0.1) is 5.69 Å². The molecule has 2 heterocycles. The van der Waals surface area contributed by atoms with Crippen LogP contribution in [0, 0.1) is 0 Å². The van der Waals surface area contributed by atoms with E-state index in [0.717, 1.165) is 74.0 Å². The third-order valence-corrected chi connectivity index (χ3v) is 5.69. The molecule has 1 aromatic carbocycles. The molecular formula is C22H28N4O2. The van der Waals surface area contributed by atoms with Crippen LogP contribution in [0.15, 0.2) is 18.2 Å². The molecule has 2 aliphatic rings. The molecule has 1 saturated carbocycles. The minimum atomic E-state index is -0.216. The van der Waals surface area contributed by atoms with E-state index in [9.17, 15) is 9.59 Å². The number of carbonyl (C=O) groups is 2. The molecule has 0 unspecified atom stereocenters. The summed E-state index contributed by atoms with van der Waals surface area (Å²) in [5.74, 6) is 0.00543. The van der Waals surface area contributed by atoms with Crippen LogP contribution in [0.4, 0.5) is 5.69 Å². The number of benzene rings is 1. The average molecular weight is 380 g/mol. The Morgan fingerprint density at radius 3 is 2.46 bits per heavy atom. The SMILES string of the molecule is CCc1cccc(CC)c1NC(=O)c1nc(C(=O)NC2CC2)n2c1CCCC2. The van der Waals surface area contributed by atoms with Gasteiger partial charge in [-0.25, -0.2) is 4.98 Å². The molecule has 1 aromatic heterocycles. The minimum Gasteiger partial charge on any atom is -0.347 e. The van der Waals surface area contributed by atoms with E-state index < -0.39 is 0 Å². The van der Waals surface area contributed by atoms with Crippen molar-refractivity contribution < 1.29 is 9.59 Å². The first-order valence-corrected chi connectivity index (χ1v) is 10.4. The van der Waals surface area contributed by atoms with Gasteiger partial charge in [0, 0.05) is 18.3 Å². The maximum absolute atomic E-state index is 13.2. The molecule has 0 radical (unpaired) electrons. The molecule has 1 aliphatic carbocycles. The fourth-order valence-electron chi connectivity index (χ4n) is 3.95. The molecule has 28 heavy (non-hydrogen) atoms. The van der Waals surface area contributed by atoms with E-state index in [4.69, 9.17) is 0 Å². The zero-order valence-corrected chi connectivity index (χ0v) is 16.7. The molecule has 1 aliphatic heterocycles. The Bertz CT molecular complexity index is 889. The van der Waals surface area contributed by atoms with E-state index in [1.165, 1.54) is 0 Å². The summed E-state index contributed by atoms with van der Waals surface area (Å²) >= 11 is 0. The zero-order valence-electron chi connectivity index (χ0n) is 16.7. The Kier molecular flexibility index (Phi) is 5.20. The van der Waals surface area contributed by atoms with Crippen molar-refractivity contribution in [2.45, 2.75) is 71.4 Å². The van der Waals surface area contributed by atoms with Gasteiger partial charge in [0.1, 0.15) is 0 Å². The number of fused-ring (bicyclic) bond motifs is 1. The summed E-state index contributed by atoms with van der Waals surface area (Å²) in [6, 6.07) is 6.40. The smallest absolute Gasteiger partial charge is 0.287 e. The van der Waals surface area contributed by atoms with Gasteiger partial charge in [-0.05, 0) is 56.1 Å². The molecule has 0 spiro atoms. The van der Waals surface area contributed by atoms with Crippen LogP contribution in [0.2, 0.25) is 0 Å². The van der Waals surface area contributed by atoms with E-state index in [1.54, 1.807) is 0 Å². The summed E-state index contributed by atoms with van der Waals surface area (Å²) in [7, 11) is 0. The van der Waals surface area contributed by atoms with Crippen molar-refractivity contribution in [1.82, 2.24) is 14.9 Å². The highest BCUT2D eigenvalue weighted by atomic mass is 16.2. The van der Waals surface area contributed by atoms with Crippen LogP contribution < -0.4 is 10.6 Å². The quantitative estimate of drug-likeness (QED) is 0.805. The van der Waals surface area contributed by atoms with E-state index >= 15 is 0 Å². The van der Waals surface area contributed by atoms with Crippen molar-refractivity contribution in [3.05, 3.63) is 46.5 Å². The summed E-state index contributed by atoms with van der Waals surface area (Å²) in [6.45, 7) is 4.92. The van der Waals surface area contributed by atoms with Gasteiger partial charge in [-0.2, -0.15) is 0 Å². The predicted molar refractivity (Wildman–Crippen MR) is 109 cm³/mol. The second-order valence-electron chi connectivity index (χ2n) is 7.70. The maximum Gasteiger partial charge on any atom is 0.287 e. The van der Waals surface area contributed by atoms with Crippen molar-refractivity contribution in [1.29, 1.82) is 0 Å². The molecule has 4 rings (SSSR count). The fourth-order valence-corrected chi connectivity index (χ4v) is 3.95. The lowest BCUT2D eigenvalue weighted by atomic mass is 10.0. The number of hydrogen-bond donors (Lipinski definition) is 2. The van der Waals surface area contributed by atoms with Gasteiger partial charge in [0.15, 0.2) is 11.5 Å². The number of rotatable bonds is 6. The third kappa shape index (κ3) is 3.55. The summed E-state index contributed by atoms with van der Waals surface area (Å²) in [4.78, 5) is 30.3. The van der Waals surface area contributed by atoms with Crippen LogP contribution in [0.1, 0.15) is 77.5 Å². The highest BCUT2D eigenvalue weighted by Gasteiger charge is 2.31. The van der Waals surface area contributed by atoms with E-state index in [2.05, 4.69) is 29.5 Å². The van der Waals surface area contributed by atoms with Crippen LogP contribution in [-0.4, -0.2) is 27.4 Å². The second kappa shape index (κ2) is 7.78. The Hall–Kier alpha value is -2.63. The zero-order chi connectivity index (χ0) is 19.7. The molecule has 2 amide bonds. The molecule has 2 aromatic rings. The molecule has 0 bridgehead atoms. The van der Waals surface area contributed by atoms with Crippen LogP contribution in [0.3, 0.4) is 0 Å². The van der Waals surface area contributed by atoms with Gasteiger partial charge < -0.3 is 15.2 Å². The van der Waals surface area contributed by atoms with Gasteiger partial charge >= 0.3 is 0 Å². The van der Waals surface area contributed by atoms with Crippen molar-refractivity contribution in [2.75, 3.05) is 5.32 Å². The van der Waals surface area contributed by atoms with Crippen molar-refractivity contribution >= 4 is 17.5 Å². The molecule has 1 fully saturated rings. The summed E-state index contributed by atoms with van der Waals surface area (Å²) in [5, 5.41) is 6.11. The molecule has 148 valence electrons. The number of anilines is 1. The Morgan fingerprint density at radius 1 is 1.11 bits per heavy atom. The lowest BCUT2D eigenvalue weighted by Crippen LogP contribution is -2.29. The maximum atomic E-state index is 13.2. The van der Waals surface area contributed by atoms with E-state index in [0.29, 0.717) is 11.5 Å². The molecule has 0 saturated heterocycles. The number of carbonyl (C=O) groups excluding carboxylic acids is 2. The topological polar surface area (TPSA) is 76.0 Å². The normalized spacial score (nSPS) is 15.8. The number of imidazole rings is 1. The molecular weight excluding hydrogens is 352 g/mol. The Balaban J connectivity index is 1.66. The van der Waals surface area contributed by atoms with Gasteiger partial charge in [-0.1, -0.05) is 32.0 Å². The van der Waals surface area contributed by atoms with Gasteiger partial charge in [0.2, 0.25) is 0 Å². The number of nitrogens with one attached hydrogen (secondary N) is 2. The first kappa shape index (κ1) is 18.7. The third-order valence-electron chi connectivity index (χ3n) is 5.69. The van der Waals surface area contributed by atoms with Gasteiger partial charge in [-0.3, -0.25) is 9.59 Å². The standard InChI is InChI=1S/C22H28N4O2/c1-3-14-8-7-9-15(4-2)18(14)25-21(27)19-17-10-5-6-13-26(17)20(24-19)22(28)23-16-11-12-16/h7-9,16H,3-6,10-13H2,1-2H3,(H,23,28)(H,25,27). The number of aryl methyl sites for hydroxylation is 2. The second-order valence-corrected chi connectivity index (χ2v) is 7.70. The largest absolute Gasteiger partial charge is 0.347 e. The fraction of sp³-hybridized carbons (Fsp3) is 0.500. The minimum absolute atomic E-state index is 0.159. The molecule has 0 atom stereocenters.